The van der Waals surface area contributed by atoms with Crippen LogP contribution in [0, 0.1) is 5.82 Å². The van der Waals surface area contributed by atoms with Gasteiger partial charge in [-0.3, -0.25) is 0 Å². The molecule has 0 radical (unpaired) electrons. The van der Waals surface area contributed by atoms with E-state index in [9.17, 15) is 4.39 Å². The molecule has 0 spiro atoms. The molecule has 4 heteroatoms. The molecule has 0 aliphatic carbocycles. The largest absolute Gasteiger partial charge is 0.497 e. The van der Waals surface area contributed by atoms with Gasteiger partial charge in [-0.1, -0.05) is 12.1 Å². The Morgan fingerprint density at radius 2 is 1.90 bits per heavy atom. The van der Waals surface area contributed by atoms with E-state index < -0.39 is 5.82 Å². The van der Waals surface area contributed by atoms with Crippen LogP contribution >= 0.6 is 0 Å². The number of nitrogens with two attached hydrogens (primary N) is 1. The molecular weight excluding hydrogens is 255 g/mol. The van der Waals surface area contributed by atoms with E-state index in [4.69, 9.17) is 10.5 Å². The molecule has 0 saturated carbocycles. The van der Waals surface area contributed by atoms with E-state index in [0.717, 1.165) is 16.7 Å². The first-order chi connectivity index (χ1) is 9.67. The van der Waals surface area contributed by atoms with Gasteiger partial charge in [-0.05, 0) is 36.4 Å². The first-order valence-electron chi connectivity index (χ1n) is 6.17. The van der Waals surface area contributed by atoms with Crippen molar-refractivity contribution in [3.8, 4) is 17.0 Å². The predicted octanol–water partition coefficient (Wildman–Crippen LogP) is 3.63. The SMILES string of the molecule is COc1ccc2nc(-c3ccc(N)c(F)c3)ccc2c1. The molecule has 0 atom stereocenters. The number of benzene rings is 2. The zero-order valence-corrected chi connectivity index (χ0v) is 10.9. The third-order valence-corrected chi connectivity index (χ3v) is 3.19. The van der Waals surface area contributed by atoms with E-state index in [-0.39, 0.29) is 5.69 Å². The van der Waals surface area contributed by atoms with Crippen LogP contribution in [0.1, 0.15) is 0 Å². The van der Waals surface area contributed by atoms with Crippen molar-refractivity contribution < 1.29 is 9.13 Å². The van der Waals surface area contributed by atoms with E-state index >= 15 is 0 Å². The number of rotatable bonds is 2. The number of pyridine rings is 1. The van der Waals surface area contributed by atoms with Crippen molar-refractivity contribution in [2.24, 2.45) is 0 Å². The van der Waals surface area contributed by atoms with Gasteiger partial charge >= 0.3 is 0 Å². The Bertz CT molecular complexity index is 787. The number of nitrogens with zero attached hydrogens (tertiary/aromatic N) is 1. The van der Waals surface area contributed by atoms with Crippen LogP contribution in [0.2, 0.25) is 0 Å². The third-order valence-electron chi connectivity index (χ3n) is 3.19. The Kier molecular flexibility index (Phi) is 2.99. The molecule has 1 aromatic heterocycles. The first kappa shape index (κ1) is 12.4. The Morgan fingerprint density at radius 1 is 1.05 bits per heavy atom. The van der Waals surface area contributed by atoms with Crippen LogP contribution in [0.15, 0.2) is 48.5 Å². The van der Waals surface area contributed by atoms with Crippen molar-refractivity contribution in [3.63, 3.8) is 0 Å². The van der Waals surface area contributed by atoms with Gasteiger partial charge in [-0.25, -0.2) is 9.37 Å². The maximum absolute atomic E-state index is 13.5. The Morgan fingerprint density at radius 3 is 2.65 bits per heavy atom. The summed E-state index contributed by atoms with van der Waals surface area (Å²) in [4.78, 5) is 4.53. The van der Waals surface area contributed by atoms with Gasteiger partial charge in [-0.15, -0.1) is 0 Å². The van der Waals surface area contributed by atoms with Crippen molar-refractivity contribution in [3.05, 3.63) is 54.3 Å². The number of anilines is 1. The fourth-order valence-corrected chi connectivity index (χ4v) is 2.08. The zero-order valence-electron chi connectivity index (χ0n) is 10.9. The summed E-state index contributed by atoms with van der Waals surface area (Å²) in [5, 5.41) is 0.976. The van der Waals surface area contributed by atoms with Crippen molar-refractivity contribution >= 4 is 16.6 Å². The molecule has 0 unspecified atom stereocenters. The minimum atomic E-state index is -0.431. The Hall–Kier alpha value is -2.62. The topological polar surface area (TPSA) is 48.1 Å². The quantitative estimate of drug-likeness (QED) is 0.722. The summed E-state index contributed by atoms with van der Waals surface area (Å²) in [5.41, 5.74) is 7.86. The Balaban J connectivity index is 2.10. The van der Waals surface area contributed by atoms with Crippen molar-refractivity contribution in [2.45, 2.75) is 0 Å². The first-order valence-corrected chi connectivity index (χ1v) is 6.17. The van der Waals surface area contributed by atoms with Crippen molar-refractivity contribution in [2.75, 3.05) is 12.8 Å². The number of fused-ring (bicyclic) bond motifs is 1. The zero-order chi connectivity index (χ0) is 14.1. The average molecular weight is 268 g/mol. The van der Waals surface area contributed by atoms with Crippen LogP contribution in [0.3, 0.4) is 0 Å². The number of hydrogen-bond donors (Lipinski definition) is 1. The number of ether oxygens (including phenoxy) is 1. The minimum Gasteiger partial charge on any atom is -0.497 e. The second-order valence-electron chi connectivity index (χ2n) is 4.49. The van der Waals surface area contributed by atoms with E-state index in [2.05, 4.69) is 4.98 Å². The second-order valence-corrected chi connectivity index (χ2v) is 4.49. The standard InChI is InChI=1S/C16H13FN2O/c1-20-12-4-7-16-10(8-12)3-6-15(19-16)11-2-5-14(18)13(17)9-11/h2-9H,18H2,1H3. The van der Waals surface area contributed by atoms with Crippen molar-refractivity contribution in [1.82, 2.24) is 4.98 Å². The van der Waals surface area contributed by atoms with E-state index in [0.29, 0.717) is 11.3 Å². The number of nitrogen functional groups attached to an aromatic ring is 1. The van der Waals surface area contributed by atoms with Gasteiger partial charge in [0.25, 0.3) is 0 Å². The maximum Gasteiger partial charge on any atom is 0.146 e. The lowest BCUT2D eigenvalue weighted by molar-refractivity contribution is 0.415. The summed E-state index contributed by atoms with van der Waals surface area (Å²) in [6.07, 6.45) is 0. The maximum atomic E-state index is 13.5. The monoisotopic (exact) mass is 268 g/mol. The summed E-state index contributed by atoms with van der Waals surface area (Å²) in [6, 6.07) is 14.1. The van der Waals surface area contributed by atoms with Gasteiger partial charge in [0, 0.05) is 10.9 Å². The number of hydrogen-bond acceptors (Lipinski definition) is 3. The smallest absolute Gasteiger partial charge is 0.146 e. The highest BCUT2D eigenvalue weighted by Crippen LogP contribution is 2.25. The normalized spacial score (nSPS) is 10.7. The summed E-state index contributed by atoms with van der Waals surface area (Å²) in [7, 11) is 1.63. The van der Waals surface area contributed by atoms with E-state index in [1.807, 2.05) is 30.3 Å². The lowest BCUT2D eigenvalue weighted by Crippen LogP contribution is -1.92. The van der Waals surface area contributed by atoms with E-state index in [1.54, 1.807) is 19.2 Å². The molecule has 3 rings (SSSR count). The second kappa shape index (κ2) is 4.81. The van der Waals surface area contributed by atoms with Crippen LogP contribution in [0.4, 0.5) is 10.1 Å². The van der Waals surface area contributed by atoms with Crippen LogP contribution in [0.5, 0.6) is 5.75 Å². The van der Waals surface area contributed by atoms with Crippen molar-refractivity contribution in [1.29, 1.82) is 0 Å². The van der Waals surface area contributed by atoms with Crippen LogP contribution < -0.4 is 10.5 Å². The molecule has 0 aliphatic heterocycles. The molecule has 0 amide bonds. The van der Waals surface area contributed by atoms with Gasteiger partial charge in [0.2, 0.25) is 0 Å². The average Bonchev–Trinajstić information content (AvgIpc) is 2.49. The number of methoxy groups -OCH3 is 1. The van der Waals surface area contributed by atoms with Crippen LogP contribution in [0.25, 0.3) is 22.2 Å². The molecular formula is C16H13FN2O. The minimum absolute atomic E-state index is 0.138. The van der Waals surface area contributed by atoms with Gasteiger partial charge < -0.3 is 10.5 Å². The summed E-state index contributed by atoms with van der Waals surface area (Å²) in [6.45, 7) is 0. The van der Waals surface area contributed by atoms with Crippen LogP contribution in [-0.2, 0) is 0 Å². The fourth-order valence-electron chi connectivity index (χ4n) is 2.08. The molecule has 1 heterocycles. The highest BCUT2D eigenvalue weighted by molar-refractivity contribution is 5.83. The fraction of sp³-hybridized carbons (Fsp3) is 0.0625. The molecule has 2 N–H and O–H groups in total. The molecule has 0 aliphatic rings. The molecule has 2 aromatic carbocycles. The molecule has 0 saturated heterocycles. The molecule has 0 bridgehead atoms. The lowest BCUT2D eigenvalue weighted by atomic mass is 10.1. The van der Waals surface area contributed by atoms with Gasteiger partial charge in [0.05, 0.1) is 24.0 Å². The molecule has 3 aromatic rings. The highest BCUT2D eigenvalue weighted by atomic mass is 19.1. The predicted molar refractivity (Wildman–Crippen MR) is 78.1 cm³/mol. The molecule has 3 nitrogen and oxygen atoms in total. The van der Waals surface area contributed by atoms with E-state index in [1.165, 1.54) is 6.07 Å². The summed E-state index contributed by atoms with van der Waals surface area (Å²) in [5.74, 6) is 0.352. The van der Waals surface area contributed by atoms with Gasteiger partial charge in [0.15, 0.2) is 0 Å². The Labute approximate surface area is 115 Å². The van der Waals surface area contributed by atoms with Gasteiger partial charge in [0.1, 0.15) is 11.6 Å². The highest BCUT2D eigenvalue weighted by Gasteiger charge is 2.05. The molecule has 0 fully saturated rings. The summed E-state index contributed by atoms with van der Waals surface area (Å²) < 4.78 is 18.7. The lowest BCUT2D eigenvalue weighted by Gasteiger charge is -2.06. The van der Waals surface area contributed by atoms with Crippen LogP contribution in [-0.4, -0.2) is 12.1 Å². The molecule has 20 heavy (non-hydrogen) atoms. The molecule has 100 valence electrons. The van der Waals surface area contributed by atoms with Gasteiger partial charge in [-0.2, -0.15) is 0 Å². The third kappa shape index (κ3) is 2.16. The number of halogens is 1. The summed E-state index contributed by atoms with van der Waals surface area (Å²) >= 11 is 0. The number of aromatic nitrogens is 1.